The number of benzene rings is 2. The number of H-pyrrole nitrogens is 1. The van der Waals surface area contributed by atoms with Crippen molar-refractivity contribution < 1.29 is 14.7 Å². The van der Waals surface area contributed by atoms with Crippen LogP contribution < -0.4 is 0 Å². The molecule has 1 saturated carbocycles. The zero-order valence-corrected chi connectivity index (χ0v) is 19.5. The van der Waals surface area contributed by atoms with E-state index in [9.17, 15) is 14.7 Å². The summed E-state index contributed by atoms with van der Waals surface area (Å²) in [6.07, 6.45) is 5.43. The molecule has 3 aromatic rings. The number of carbonyl (C=O) groups is 2. The molecule has 0 spiro atoms. The van der Waals surface area contributed by atoms with Crippen molar-refractivity contribution in [1.29, 1.82) is 0 Å². The number of aromatic amines is 1. The van der Waals surface area contributed by atoms with Crippen LogP contribution in [0.1, 0.15) is 57.4 Å². The van der Waals surface area contributed by atoms with E-state index in [-0.39, 0.29) is 11.9 Å². The average molecular weight is 462 g/mol. The smallest absolute Gasteiger partial charge is 0.308 e. The Morgan fingerprint density at radius 2 is 1.79 bits per heavy atom. The molecular formula is C26H31N5O3. The van der Waals surface area contributed by atoms with Gasteiger partial charge >= 0.3 is 5.97 Å². The van der Waals surface area contributed by atoms with Gasteiger partial charge in [0.1, 0.15) is 0 Å². The lowest BCUT2D eigenvalue weighted by Gasteiger charge is -2.38. The number of aliphatic carboxylic acids is 1. The molecular weight excluding hydrogens is 430 g/mol. The first-order valence-electron chi connectivity index (χ1n) is 12.0. The Hall–Kier alpha value is -3.55. The van der Waals surface area contributed by atoms with Crippen LogP contribution >= 0.6 is 0 Å². The van der Waals surface area contributed by atoms with E-state index >= 15 is 0 Å². The Balaban J connectivity index is 1.58. The predicted molar refractivity (Wildman–Crippen MR) is 129 cm³/mol. The summed E-state index contributed by atoms with van der Waals surface area (Å²) < 4.78 is 0. The summed E-state index contributed by atoms with van der Waals surface area (Å²) in [6.45, 7) is 2.48. The highest BCUT2D eigenvalue weighted by Crippen LogP contribution is 2.32. The molecule has 34 heavy (non-hydrogen) atoms. The van der Waals surface area contributed by atoms with E-state index in [4.69, 9.17) is 0 Å². The summed E-state index contributed by atoms with van der Waals surface area (Å²) in [5, 5.41) is 24.0. The van der Waals surface area contributed by atoms with Gasteiger partial charge in [-0.1, -0.05) is 74.7 Å². The summed E-state index contributed by atoms with van der Waals surface area (Å²) in [6, 6.07) is 15.7. The van der Waals surface area contributed by atoms with E-state index < -0.39 is 11.9 Å². The molecule has 0 bridgehead atoms. The van der Waals surface area contributed by atoms with Crippen molar-refractivity contribution in [3.63, 3.8) is 0 Å². The first kappa shape index (κ1) is 23.6. The number of nitrogens with one attached hydrogen (secondary N) is 1. The van der Waals surface area contributed by atoms with Gasteiger partial charge in [-0.2, -0.15) is 0 Å². The highest BCUT2D eigenvalue weighted by molar-refractivity contribution is 5.81. The third-order valence-electron chi connectivity index (χ3n) is 6.66. The number of aromatic nitrogens is 4. The van der Waals surface area contributed by atoms with Crippen molar-refractivity contribution in [2.45, 2.75) is 64.5 Å². The standard InChI is InChI=1S/C26H31N5O3/c1-2-3-12-24(32)31(23-11-7-6-10-22(23)26(33)34)17-18-13-15-19(16-14-18)20-8-4-5-9-21(20)25-27-29-30-28-25/h4-5,8-9,13-16,22-23H,2-3,6-7,10-12,17H2,1H3,(H,33,34)(H,27,28,29,30). The molecule has 2 N–H and O–H groups in total. The molecule has 8 nitrogen and oxygen atoms in total. The molecule has 8 heteroatoms. The van der Waals surface area contributed by atoms with Gasteiger partial charge in [-0.15, -0.1) is 5.10 Å². The second-order valence-electron chi connectivity index (χ2n) is 8.91. The molecule has 1 aliphatic rings. The molecule has 1 aromatic heterocycles. The fourth-order valence-electron chi connectivity index (χ4n) is 4.84. The Bertz CT molecular complexity index is 1100. The SMILES string of the molecule is CCCCC(=O)N(Cc1ccc(-c2ccccc2-c2nnn[nH]2)cc1)C1CCCCC1C(=O)O. The van der Waals surface area contributed by atoms with Crippen molar-refractivity contribution in [3.05, 3.63) is 54.1 Å². The third-order valence-corrected chi connectivity index (χ3v) is 6.66. The Morgan fingerprint density at radius 3 is 2.47 bits per heavy atom. The summed E-state index contributed by atoms with van der Waals surface area (Å²) in [5.41, 5.74) is 3.91. The number of carboxylic acid groups (broad SMARTS) is 1. The van der Waals surface area contributed by atoms with E-state index in [1.54, 1.807) is 0 Å². The lowest BCUT2D eigenvalue weighted by atomic mass is 9.83. The number of rotatable bonds is 9. The van der Waals surface area contributed by atoms with Gasteiger partial charge in [-0.25, -0.2) is 5.10 Å². The van der Waals surface area contributed by atoms with Crippen LogP contribution in [0.25, 0.3) is 22.5 Å². The molecule has 2 unspecified atom stereocenters. The maximum Gasteiger partial charge on any atom is 0.308 e. The normalized spacial score (nSPS) is 17.9. The zero-order valence-electron chi connectivity index (χ0n) is 19.5. The van der Waals surface area contributed by atoms with E-state index in [0.29, 0.717) is 25.2 Å². The fourth-order valence-corrected chi connectivity index (χ4v) is 4.84. The van der Waals surface area contributed by atoms with E-state index in [0.717, 1.165) is 54.4 Å². The molecule has 1 heterocycles. The van der Waals surface area contributed by atoms with Crippen LogP contribution in [-0.2, 0) is 16.1 Å². The van der Waals surface area contributed by atoms with Crippen molar-refractivity contribution in [2.24, 2.45) is 5.92 Å². The van der Waals surface area contributed by atoms with Crippen LogP contribution in [-0.4, -0.2) is 48.5 Å². The minimum absolute atomic E-state index is 0.0484. The number of carbonyl (C=O) groups excluding carboxylic acids is 1. The van der Waals surface area contributed by atoms with Gasteiger partial charge in [0.15, 0.2) is 5.82 Å². The molecule has 2 atom stereocenters. The zero-order chi connectivity index (χ0) is 23.9. The van der Waals surface area contributed by atoms with Crippen molar-refractivity contribution in [1.82, 2.24) is 25.5 Å². The Labute approximate surface area is 199 Å². The molecule has 1 aliphatic carbocycles. The van der Waals surface area contributed by atoms with E-state index in [2.05, 4.69) is 27.5 Å². The van der Waals surface area contributed by atoms with Gasteiger partial charge in [-0.3, -0.25) is 9.59 Å². The van der Waals surface area contributed by atoms with Crippen LogP contribution in [0.2, 0.25) is 0 Å². The fraction of sp³-hybridized carbons (Fsp3) is 0.423. The average Bonchev–Trinajstić information content (AvgIpc) is 3.41. The lowest BCUT2D eigenvalue weighted by Crippen LogP contribution is -2.48. The van der Waals surface area contributed by atoms with Crippen molar-refractivity contribution in [3.8, 4) is 22.5 Å². The molecule has 178 valence electrons. The molecule has 1 fully saturated rings. The molecule has 0 saturated heterocycles. The van der Waals surface area contributed by atoms with Gasteiger partial charge in [0.25, 0.3) is 0 Å². The van der Waals surface area contributed by atoms with Crippen LogP contribution in [0.4, 0.5) is 0 Å². The number of carboxylic acids is 1. The quantitative estimate of drug-likeness (QED) is 0.478. The molecule has 4 rings (SSSR count). The van der Waals surface area contributed by atoms with E-state index in [1.165, 1.54) is 0 Å². The van der Waals surface area contributed by atoms with Crippen LogP contribution in [0.5, 0.6) is 0 Å². The lowest BCUT2D eigenvalue weighted by molar-refractivity contribution is -0.149. The Morgan fingerprint density at radius 1 is 1.06 bits per heavy atom. The summed E-state index contributed by atoms with van der Waals surface area (Å²) in [5.74, 6) is -0.649. The first-order valence-corrected chi connectivity index (χ1v) is 12.0. The highest BCUT2D eigenvalue weighted by atomic mass is 16.4. The van der Waals surface area contributed by atoms with Gasteiger partial charge < -0.3 is 10.0 Å². The summed E-state index contributed by atoms with van der Waals surface area (Å²) in [4.78, 5) is 26.9. The number of tetrazole rings is 1. The molecule has 2 aromatic carbocycles. The molecule has 0 radical (unpaired) electrons. The monoisotopic (exact) mass is 461 g/mol. The number of hydrogen-bond acceptors (Lipinski definition) is 5. The minimum atomic E-state index is -0.799. The second kappa shape index (κ2) is 11.0. The largest absolute Gasteiger partial charge is 0.481 e. The summed E-state index contributed by atoms with van der Waals surface area (Å²) in [7, 11) is 0. The number of nitrogens with zero attached hydrogens (tertiary/aromatic N) is 4. The predicted octanol–water partition coefficient (Wildman–Crippen LogP) is 4.70. The van der Waals surface area contributed by atoms with Gasteiger partial charge in [0, 0.05) is 24.6 Å². The van der Waals surface area contributed by atoms with E-state index in [1.807, 2.05) is 53.4 Å². The van der Waals surface area contributed by atoms with Crippen LogP contribution in [0.15, 0.2) is 48.5 Å². The van der Waals surface area contributed by atoms with Crippen molar-refractivity contribution in [2.75, 3.05) is 0 Å². The second-order valence-corrected chi connectivity index (χ2v) is 8.91. The topological polar surface area (TPSA) is 112 Å². The first-order chi connectivity index (χ1) is 16.6. The van der Waals surface area contributed by atoms with Crippen LogP contribution in [0, 0.1) is 5.92 Å². The van der Waals surface area contributed by atoms with Crippen LogP contribution in [0.3, 0.4) is 0 Å². The number of amides is 1. The van der Waals surface area contributed by atoms with Gasteiger partial charge in [0.2, 0.25) is 5.91 Å². The van der Waals surface area contributed by atoms with Gasteiger partial charge in [0.05, 0.1) is 5.92 Å². The molecule has 1 amide bonds. The van der Waals surface area contributed by atoms with Gasteiger partial charge in [-0.05, 0) is 46.4 Å². The third kappa shape index (κ3) is 5.32. The minimum Gasteiger partial charge on any atom is -0.481 e. The summed E-state index contributed by atoms with van der Waals surface area (Å²) >= 11 is 0. The maximum atomic E-state index is 13.1. The highest BCUT2D eigenvalue weighted by Gasteiger charge is 2.36. The van der Waals surface area contributed by atoms with Crippen molar-refractivity contribution >= 4 is 11.9 Å². The number of hydrogen-bond donors (Lipinski definition) is 2. The number of unbranched alkanes of at least 4 members (excludes halogenated alkanes) is 1. The Kier molecular flexibility index (Phi) is 7.67. The molecule has 0 aliphatic heterocycles. The maximum absolute atomic E-state index is 13.1.